The van der Waals surface area contributed by atoms with E-state index in [0.29, 0.717) is 29.1 Å². The van der Waals surface area contributed by atoms with E-state index in [1.54, 1.807) is 13.8 Å². The largest absolute Gasteiger partial charge is 0.465 e. The molecule has 0 aliphatic rings. The SMILES string of the molecule is COC(=O)c1c(C)[nH]c(C(=O)CN(C)Cc2ccc(C)cc2C)c1C. The molecule has 5 heteroatoms. The molecule has 0 amide bonds. The molecule has 0 saturated carbocycles. The second kappa shape index (κ2) is 7.66. The Labute approximate surface area is 149 Å². The van der Waals surface area contributed by atoms with Gasteiger partial charge in [0.2, 0.25) is 0 Å². The maximum absolute atomic E-state index is 12.7. The Balaban J connectivity index is 2.13. The van der Waals surface area contributed by atoms with Crippen LogP contribution in [0, 0.1) is 27.7 Å². The first-order chi connectivity index (χ1) is 11.7. The molecule has 0 atom stereocenters. The summed E-state index contributed by atoms with van der Waals surface area (Å²) in [6, 6.07) is 6.33. The number of H-pyrrole nitrogens is 1. The molecule has 1 aromatic carbocycles. The van der Waals surface area contributed by atoms with Crippen molar-refractivity contribution in [3.8, 4) is 0 Å². The summed E-state index contributed by atoms with van der Waals surface area (Å²) >= 11 is 0. The molecule has 0 unspecified atom stereocenters. The molecule has 1 heterocycles. The number of carbonyl (C=O) groups is 2. The van der Waals surface area contributed by atoms with E-state index in [2.05, 4.69) is 37.0 Å². The summed E-state index contributed by atoms with van der Waals surface area (Å²) < 4.78 is 4.79. The maximum Gasteiger partial charge on any atom is 0.339 e. The van der Waals surface area contributed by atoms with E-state index in [0.717, 1.165) is 0 Å². The zero-order valence-electron chi connectivity index (χ0n) is 15.8. The second-order valence-corrected chi connectivity index (χ2v) is 6.64. The lowest BCUT2D eigenvalue weighted by Crippen LogP contribution is -2.26. The highest BCUT2D eigenvalue weighted by Gasteiger charge is 2.23. The molecule has 25 heavy (non-hydrogen) atoms. The van der Waals surface area contributed by atoms with Crippen molar-refractivity contribution in [1.29, 1.82) is 0 Å². The van der Waals surface area contributed by atoms with E-state index in [4.69, 9.17) is 4.74 Å². The molecular formula is C20H26N2O3. The highest BCUT2D eigenvalue weighted by molar-refractivity contribution is 6.02. The number of ketones is 1. The molecule has 0 bridgehead atoms. The van der Waals surface area contributed by atoms with Gasteiger partial charge in [0.25, 0.3) is 0 Å². The molecule has 1 N–H and O–H groups in total. The number of rotatable bonds is 6. The molecule has 0 fully saturated rings. The van der Waals surface area contributed by atoms with Crippen LogP contribution in [0.15, 0.2) is 18.2 Å². The molecule has 1 aromatic heterocycles. The van der Waals surface area contributed by atoms with Crippen LogP contribution >= 0.6 is 0 Å². The molecular weight excluding hydrogens is 316 g/mol. The minimum atomic E-state index is -0.422. The maximum atomic E-state index is 12.7. The van der Waals surface area contributed by atoms with Crippen LogP contribution in [-0.4, -0.2) is 42.3 Å². The number of Topliss-reactive ketones (excluding diaryl/α,β-unsaturated/α-hetero) is 1. The molecule has 0 spiro atoms. The van der Waals surface area contributed by atoms with Crippen molar-refractivity contribution >= 4 is 11.8 Å². The first kappa shape index (κ1) is 18.9. The van der Waals surface area contributed by atoms with E-state index in [1.165, 1.54) is 23.8 Å². The van der Waals surface area contributed by atoms with Crippen molar-refractivity contribution in [3.05, 3.63) is 57.4 Å². The molecule has 2 aromatic rings. The number of nitrogens with zero attached hydrogens (tertiary/aromatic N) is 1. The Morgan fingerprint density at radius 2 is 1.84 bits per heavy atom. The van der Waals surface area contributed by atoms with Crippen LogP contribution in [0.2, 0.25) is 0 Å². The fourth-order valence-electron chi connectivity index (χ4n) is 3.13. The Morgan fingerprint density at radius 1 is 1.16 bits per heavy atom. The van der Waals surface area contributed by atoms with Crippen LogP contribution in [-0.2, 0) is 11.3 Å². The molecule has 2 rings (SSSR count). The fourth-order valence-corrected chi connectivity index (χ4v) is 3.13. The number of aryl methyl sites for hydroxylation is 3. The number of benzene rings is 1. The summed E-state index contributed by atoms with van der Waals surface area (Å²) in [5, 5.41) is 0. The number of ether oxygens (including phenoxy) is 1. The monoisotopic (exact) mass is 342 g/mol. The van der Waals surface area contributed by atoms with Crippen LogP contribution in [0.4, 0.5) is 0 Å². The van der Waals surface area contributed by atoms with E-state index in [9.17, 15) is 9.59 Å². The van der Waals surface area contributed by atoms with Crippen molar-refractivity contribution in [1.82, 2.24) is 9.88 Å². The fraction of sp³-hybridized carbons (Fsp3) is 0.400. The third-order valence-electron chi connectivity index (χ3n) is 4.46. The zero-order valence-corrected chi connectivity index (χ0v) is 15.8. The van der Waals surface area contributed by atoms with Crippen molar-refractivity contribution in [2.24, 2.45) is 0 Å². The molecule has 0 radical (unpaired) electrons. The Kier molecular flexibility index (Phi) is 5.80. The van der Waals surface area contributed by atoms with Gasteiger partial charge in [0, 0.05) is 12.2 Å². The summed E-state index contributed by atoms with van der Waals surface area (Å²) in [6.07, 6.45) is 0. The first-order valence-corrected chi connectivity index (χ1v) is 8.30. The van der Waals surface area contributed by atoms with E-state index in [1.807, 2.05) is 11.9 Å². The van der Waals surface area contributed by atoms with Crippen molar-refractivity contribution in [2.45, 2.75) is 34.2 Å². The number of aromatic amines is 1. The van der Waals surface area contributed by atoms with Crippen molar-refractivity contribution in [2.75, 3.05) is 20.7 Å². The van der Waals surface area contributed by atoms with Gasteiger partial charge in [-0.25, -0.2) is 4.79 Å². The number of likely N-dealkylation sites (N-methyl/N-ethyl adjacent to an activating group) is 1. The number of hydrogen-bond acceptors (Lipinski definition) is 4. The van der Waals surface area contributed by atoms with Gasteiger partial charge < -0.3 is 9.72 Å². The summed E-state index contributed by atoms with van der Waals surface area (Å²) in [5.41, 5.74) is 5.88. The van der Waals surface area contributed by atoms with Gasteiger partial charge in [-0.3, -0.25) is 9.69 Å². The van der Waals surface area contributed by atoms with Gasteiger partial charge in [-0.05, 0) is 51.4 Å². The third kappa shape index (κ3) is 4.17. The van der Waals surface area contributed by atoms with Gasteiger partial charge in [-0.2, -0.15) is 0 Å². The minimum absolute atomic E-state index is 0.0389. The Bertz CT molecular complexity index is 806. The topological polar surface area (TPSA) is 62.4 Å². The van der Waals surface area contributed by atoms with Gasteiger partial charge in [-0.1, -0.05) is 23.8 Å². The number of methoxy groups -OCH3 is 1. The zero-order chi connectivity index (χ0) is 18.7. The second-order valence-electron chi connectivity index (χ2n) is 6.64. The summed E-state index contributed by atoms with van der Waals surface area (Å²) in [4.78, 5) is 29.5. The highest BCUT2D eigenvalue weighted by atomic mass is 16.5. The lowest BCUT2D eigenvalue weighted by molar-refractivity contribution is 0.0599. The summed E-state index contributed by atoms with van der Waals surface area (Å²) in [6.45, 7) is 8.66. The normalized spacial score (nSPS) is 11.0. The average Bonchev–Trinajstić information content (AvgIpc) is 2.84. The Hall–Kier alpha value is -2.40. The van der Waals surface area contributed by atoms with Gasteiger partial charge in [-0.15, -0.1) is 0 Å². The lowest BCUT2D eigenvalue weighted by atomic mass is 10.0. The predicted octanol–water partition coefficient (Wildman–Crippen LogP) is 3.35. The van der Waals surface area contributed by atoms with Gasteiger partial charge >= 0.3 is 5.97 Å². The van der Waals surface area contributed by atoms with Gasteiger partial charge in [0.15, 0.2) is 5.78 Å². The van der Waals surface area contributed by atoms with E-state index in [-0.39, 0.29) is 12.3 Å². The standard InChI is InChI=1S/C20H26N2O3/c1-12-7-8-16(13(2)9-12)10-22(5)11-17(23)19-14(3)18(15(4)21-19)20(24)25-6/h7-9,21H,10-11H2,1-6H3. The molecule has 134 valence electrons. The average molecular weight is 342 g/mol. The number of aromatic nitrogens is 1. The number of carbonyl (C=O) groups excluding carboxylic acids is 2. The number of nitrogens with one attached hydrogen (secondary N) is 1. The Morgan fingerprint density at radius 3 is 2.44 bits per heavy atom. The summed E-state index contributed by atoms with van der Waals surface area (Å²) in [7, 11) is 3.26. The quantitative estimate of drug-likeness (QED) is 0.646. The van der Waals surface area contributed by atoms with E-state index < -0.39 is 5.97 Å². The highest BCUT2D eigenvalue weighted by Crippen LogP contribution is 2.20. The van der Waals surface area contributed by atoms with Crippen LogP contribution in [0.1, 0.15) is 48.8 Å². The summed E-state index contributed by atoms with van der Waals surface area (Å²) in [5.74, 6) is -0.461. The van der Waals surface area contributed by atoms with Crippen LogP contribution in [0.25, 0.3) is 0 Å². The van der Waals surface area contributed by atoms with Gasteiger partial charge in [0.05, 0.1) is 24.9 Å². The van der Waals surface area contributed by atoms with Crippen LogP contribution in [0.3, 0.4) is 0 Å². The smallest absolute Gasteiger partial charge is 0.339 e. The van der Waals surface area contributed by atoms with Gasteiger partial charge in [0.1, 0.15) is 0 Å². The molecule has 0 aliphatic heterocycles. The third-order valence-corrected chi connectivity index (χ3v) is 4.46. The predicted molar refractivity (Wildman–Crippen MR) is 98.2 cm³/mol. The molecule has 0 saturated heterocycles. The minimum Gasteiger partial charge on any atom is -0.465 e. The molecule has 5 nitrogen and oxygen atoms in total. The van der Waals surface area contributed by atoms with Crippen molar-refractivity contribution in [3.63, 3.8) is 0 Å². The van der Waals surface area contributed by atoms with E-state index >= 15 is 0 Å². The van der Waals surface area contributed by atoms with Crippen molar-refractivity contribution < 1.29 is 14.3 Å². The van der Waals surface area contributed by atoms with Crippen LogP contribution < -0.4 is 0 Å². The number of hydrogen-bond donors (Lipinski definition) is 1. The van der Waals surface area contributed by atoms with Crippen LogP contribution in [0.5, 0.6) is 0 Å². The number of esters is 1. The molecule has 0 aliphatic carbocycles. The lowest BCUT2D eigenvalue weighted by Gasteiger charge is -2.17. The first-order valence-electron chi connectivity index (χ1n) is 8.30.